The van der Waals surface area contributed by atoms with Gasteiger partial charge in [0.2, 0.25) is 11.0 Å². The SMILES string of the molecule is CCC(=O)C1CCN(Sc2ccccc2-c2c3ccc(=[N+]4CCc5ccccc54)cc-3oc3cc(N4CCc5ccccc54)ccc23)CC1. The van der Waals surface area contributed by atoms with E-state index in [9.17, 15) is 4.79 Å². The van der Waals surface area contributed by atoms with E-state index in [2.05, 4.69) is 123 Å². The molecule has 0 aromatic heterocycles. The number of nitrogens with zero attached hydrogens (tertiary/aromatic N) is 3. The minimum absolute atomic E-state index is 0.203. The van der Waals surface area contributed by atoms with E-state index >= 15 is 0 Å². The quantitative estimate of drug-likeness (QED) is 0.101. The van der Waals surface area contributed by atoms with Gasteiger partial charge in [-0.3, -0.25) is 4.79 Å². The predicted molar refractivity (Wildman–Crippen MR) is 201 cm³/mol. The summed E-state index contributed by atoms with van der Waals surface area (Å²) in [5.41, 5.74) is 10.9. The Morgan fingerprint density at radius 2 is 1.61 bits per heavy atom. The first-order valence-corrected chi connectivity index (χ1v) is 18.5. The molecule has 1 saturated heterocycles. The van der Waals surface area contributed by atoms with Gasteiger partial charge in [0.05, 0.1) is 6.07 Å². The van der Waals surface area contributed by atoms with E-state index in [4.69, 9.17) is 4.42 Å². The fourth-order valence-electron chi connectivity index (χ4n) is 8.16. The average Bonchev–Trinajstić information content (AvgIpc) is 3.79. The summed E-state index contributed by atoms with van der Waals surface area (Å²) in [6.45, 7) is 5.75. The highest BCUT2D eigenvalue weighted by atomic mass is 32.2. The number of carbonyl (C=O) groups is 1. The van der Waals surface area contributed by atoms with Crippen LogP contribution in [0.15, 0.2) is 119 Å². The van der Waals surface area contributed by atoms with Crippen LogP contribution in [0.3, 0.4) is 0 Å². The third kappa shape index (κ3) is 5.48. The molecule has 244 valence electrons. The number of ketones is 1. The molecule has 4 aromatic carbocycles. The first kappa shape index (κ1) is 30.4. The fraction of sp³-hybridized carbons (Fsp3) is 0.256. The van der Waals surface area contributed by atoms with Crippen LogP contribution in [0.2, 0.25) is 0 Å². The molecule has 6 heteroatoms. The predicted octanol–water partition coefficient (Wildman–Crippen LogP) is 9.26. The second-order valence-corrected chi connectivity index (χ2v) is 14.6. The monoisotopic (exact) mass is 662 g/mol. The summed E-state index contributed by atoms with van der Waals surface area (Å²) in [5.74, 6) is 1.50. The molecule has 0 unspecified atom stereocenters. The van der Waals surface area contributed by atoms with Crippen molar-refractivity contribution in [2.24, 2.45) is 5.92 Å². The molecule has 1 fully saturated rings. The van der Waals surface area contributed by atoms with Crippen molar-refractivity contribution in [3.63, 3.8) is 0 Å². The van der Waals surface area contributed by atoms with Crippen molar-refractivity contribution in [3.05, 3.63) is 126 Å². The molecule has 4 aromatic rings. The highest BCUT2D eigenvalue weighted by Crippen LogP contribution is 2.46. The number of anilines is 2. The number of para-hydroxylation sites is 2. The van der Waals surface area contributed by atoms with Gasteiger partial charge in [-0.05, 0) is 72.7 Å². The Hall–Kier alpha value is -4.65. The molecule has 9 rings (SSSR count). The molecule has 5 nitrogen and oxygen atoms in total. The van der Waals surface area contributed by atoms with E-state index in [-0.39, 0.29) is 5.92 Å². The topological polar surface area (TPSA) is 39.7 Å². The summed E-state index contributed by atoms with van der Waals surface area (Å²) in [5, 5.41) is 2.27. The summed E-state index contributed by atoms with van der Waals surface area (Å²) < 4.78 is 11.8. The molecular formula is C43H40N3O2S+. The molecule has 4 aliphatic heterocycles. The first-order valence-electron chi connectivity index (χ1n) is 17.7. The minimum atomic E-state index is 0.203. The maximum Gasteiger partial charge on any atom is 0.209 e. The molecule has 5 aliphatic rings. The van der Waals surface area contributed by atoms with Crippen LogP contribution in [0.25, 0.3) is 33.4 Å². The van der Waals surface area contributed by atoms with E-state index in [1.165, 1.54) is 38.5 Å². The summed E-state index contributed by atoms with van der Waals surface area (Å²) in [4.78, 5) is 16.1. The van der Waals surface area contributed by atoms with Gasteiger partial charge in [0.1, 0.15) is 17.1 Å². The van der Waals surface area contributed by atoms with Gasteiger partial charge < -0.3 is 9.32 Å². The third-order valence-electron chi connectivity index (χ3n) is 10.7. The fourth-order valence-corrected chi connectivity index (χ4v) is 9.24. The van der Waals surface area contributed by atoms with E-state index in [1.54, 1.807) is 0 Å². The third-order valence-corrected chi connectivity index (χ3v) is 11.9. The van der Waals surface area contributed by atoms with Crippen LogP contribution in [0, 0.1) is 5.92 Å². The highest BCUT2D eigenvalue weighted by Gasteiger charge is 2.28. The summed E-state index contributed by atoms with van der Waals surface area (Å²) in [7, 11) is 0. The van der Waals surface area contributed by atoms with Gasteiger partial charge in [-0.25, -0.2) is 4.31 Å². The summed E-state index contributed by atoms with van der Waals surface area (Å²) >= 11 is 1.83. The maximum atomic E-state index is 12.4. The van der Waals surface area contributed by atoms with Crippen molar-refractivity contribution in [2.75, 3.05) is 31.1 Å². The lowest BCUT2D eigenvalue weighted by Gasteiger charge is -2.30. The Morgan fingerprint density at radius 3 is 2.49 bits per heavy atom. The first-order chi connectivity index (χ1) is 24.1. The zero-order valence-corrected chi connectivity index (χ0v) is 28.7. The van der Waals surface area contributed by atoms with Crippen molar-refractivity contribution in [1.82, 2.24) is 8.88 Å². The standard InChI is InChI=1S/C43H40N3O2S/c1-2-39(47)31-19-23-44(24-20-31)49-42-14-8-5-11-36(42)43-34-17-15-32(45-25-21-29-9-3-6-12-37(29)45)27-40(34)48-41-28-33(16-18-35(41)43)46-26-22-30-10-4-7-13-38(30)46/h3-18,27-28,31H,2,19-26H2,1H3/q+1. The van der Waals surface area contributed by atoms with Gasteiger partial charge in [-0.2, -0.15) is 4.58 Å². The highest BCUT2D eigenvalue weighted by molar-refractivity contribution is 7.97. The van der Waals surface area contributed by atoms with Crippen LogP contribution in [0.5, 0.6) is 0 Å². The molecular weight excluding hydrogens is 623 g/mol. The van der Waals surface area contributed by atoms with Crippen molar-refractivity contribution >= 4 is 45.8 Å². The molecule has 0 bridgehead atoms. The van der Waals surface area contributed by atoms with Crippen LogP contribution in [-0.2, 0) is 17.6 Å². The summed E-state index contributed by atoms with van der Waals surface area (Å²) in [6, 6.07) is 39.8. The number of Topliss-reactive ketones (excluding diaryl/α,β-unsaturated/α-hetero) is 1. The van der Waals surface area contributed by atoms with Crippen molar-refractivity contribution in [1.29, 1.82) is 0 Å². The molecule has 1 aliphatic carbocycles. The van der Waals surface area contributed by atoms with E-state index in [0.29, 0.717) is 12.2 Å². The maximum absolute atomic E-state index is 12.4. The summed E-state index contributed by atoms with van der Waals surface area (Å²) in [6.07, 6.45) is 4.59. The lowest BCUT2D eigenvalue weighted by Crippen LogP contribution is -2.32. The number of rotatable bonds is 6. The molecule has 0 N–H and O–H groups in total. The van der Waals surface area contributed by atoms with Crippen LogP contribution in [0.1, 0.15) is 37.3 Å². The van der Waals surface area contributed by atoms with Crippen molar-refractivity contribution < 1.29 is 9.21 Å². The zero-order chi connectivity index (χ0) is 32.9. The zero-order valence-electron chi connectivity index (χ0n) is 27.9. The smallest absolute Gasteiger partial charge is 0.209 e. The number of hydrogen-bond donors (Lipinski definition) is 0. The molecule has 0 saturated carbocycles. The van der Waals surface area contributed by atoms with Crippen molar-refractivity contribution in [2.45, 2.75) is 43.9 Å². The molecule has 0 spiro atoms. The van der Waals surface area contributed by atoms with Gasteiger partial charge in [-0.15, -0.1) is 0 Å². The Balaban J connectivity index is 1.19. The number of benzene rings is 5. The Morgan fingerprint density at radius 1 is 0.816 bits per heavy atom. The van der Waals surface area contributed by atoms with Crippen LogP contribution in [0.4, 0.5) is 17.1 Å². The van der Waals surface area contributed by atoms with Crippen LogP contribution >= 0.6 is 11.9 Å². The lowest BCUT2D eigenvalue weighted by atomic mass is 9.92. The van der Waals surface area contributed by atoms with E-state index in [1.807, 2.05) is 18.9 Å². The second kappa shape index (κ2) is 12.7. The molecule has 0 amide bonds. The second-order valence-electron chi connectivity index (χ2n) is 13.5. The van der Waals surface area contributed by atoms with Crippen molar-refractivity contribution in [3.8, 4) is 22.5 Å². The number of piperidine rings is 1. The van der Waals surface area contributed by atoms with E-state index < -0.39 is 0 Å². The molecule has 0 atom stereocenters. The van der Waals surface area contributed by atoms with E-state index in [0.717, 1.165) is 85.2 Å². The van der Waals surface area contributed by atoms with Gasteiger partial charge in [0.15, 0.2) is 6.54 Å². The number of carbonyl (C=O) groups excluding carboxylic acids is 1. The molecule has 0 radical (unpaired) electrons. The van der Waals surface area contributed by atoms with Crippen LogP contribution in [-0.4, -0.2) is 36.3 Å². The average molecular weight is 663 g/mol. The number of fused-ring (bicyclic) bond motifs is 4. The lowest BCUT2D eigenvalue weighted by molar-refractivity contribution is -0.123. The molecule has 49 heavy (non-hydrogen) atoms. The normalized spacial score (nSPS) is 17.5. The van der Waals surface area contributed by atoms with Gasteiger partial charge >= 0.3 is 0 Å². The largest absolute Gasteiger partial charge is 0.456 e. The minimum Gasteiger partial charge on any atom is -0.456 e. The van der Waals surface area contributed by atoms with Gasteiger partial charge in [-0.1, -0.05) is 61.5 Å². The Bertz CT molecular complexity index is 2260. The van der Waals surface area contributed by atoms with Gasteiger partial charge in [0.25, 0.3) is 0 Å². The van der Waals surface area contributed by atoms with Gasteiger partial charge in [0, 0.05) is 94.9 Å². The Kier molecular flexibility index (Phi) is 7.86. The van der Waals surface area contributed by atoms with Crippen LogP contribution < -0.4 is 14.8 Å². The molecule has 4 heterocycles. The number of hydrogen-bond acceptors (Lipinski definition) is 5. The Labute approximate surface area is 292 Å².